The van der Waals surface area contributed by atoms with Crippen LogP contribution in [0.1, 0.15) is 18.5 Å². The fraction of sp³-hybridized carbons (Fsp3) is 0.444. The number of non-ortho nitro benzene ring substituents is 1. The van der Waals surface area contributed by atoms with Gasteiger partial charge in [0.25, 0.3) is 5.69 Å². The van der Waals surface area contributed by atoms with Gasteiger partial charge in [-0.2, -0.15) is 0 Å². The van der Waals surface area contributed by atoms with Crippen molar-refractivity contribution in [1.29, 1.82) is 0 Å². The maximum absolute atomic E-state index is 12.7. The van der Waals surface area contributed by atoms with E-state index in [0.717, 1.165) is 6.41 Å². The summed E-state index contributed by atoms with van der Waals surface area (Å²) in [7, 11) is 0. The Morgan fingerprint density at radius 1 is 1.31 bits per heavy atom. The van der Waals surface area contributed by atoms with Crippen LogP contribution in [0.15, 0.2) is 29.3 Å². The zero-order chi connectivity index (χ0) is 21.0. The van der Waals surface area contributed by atoms with Gasteiger partial charge in [-0.15, -0.1) is 0 Å². The fourth-order valence-electron chi connectivity index (χ4n) is 3.30. The number of hydrogen-bond donors (Lipinski definition) is 1. The molecular weight excluding hydrogens is 382 g/mol. The van der Waals surface area contributed by atoms with Gasteiger partial charge >= 0.3 is 5.97 Å². The van der Waals surface area contributed by atoms with Crippen molar-refractivity contribution in [3.63, 3.8) is 0 Å². The van der Waals surface area contributed by atoms with Crippen LogP contribution in [-0.4, -0.2) is 71.8 Å². The molecule has 1 N–H and O–H groups in total. The molecule has 0 spiro atoms. The minimum atomic E-state index is -1.20. The number of rotatable bonds is 5. The molecule has 1 saturated heterocycles. The lowest BCUT2D eigenvalue weighted by atomic mass is 9.91. The van der Waals surface area contributed by atoms with Crippen molar-refractivity contribution in [2.75, 3.05) is 32.8 Å². The molecule has 0 saturated carbocycles. The van der Waals surface area contributed by atoms with Gasteiger partial charge in [0, 0.05) is 38.3 Å². The largest absolute Gasteiger partial charge is 0.465 e. The molecule has 0 radical (unpaired) electrons. The van der Waals surface area contributed by atoms with Crippen LogP contribution >= 0.6 is 0 Å². The smallest absolute Gasteiger partial charge is 0.321 e. The summed E-state index contributed by atoms with van der Waals surface area (Å²) >= 11 is 0. The first-order valence-electron chi connectivity index (χ1n) is 9.18. The van der Waals surface area contributed by atoms with Crippen LogP contribution in [0.5, 0.6) is 0 Å². The van der Waals surface area contributed by atoms with Crippen molar-refractivity contribution in [2.45, 2.75) is 13.0 Å². The number of carbonyl (C=O) groups is 3. The zero-order valence-corrected chi connectivity index (χ0v) is 15.8. The van der Waals surface area contributed by atoms with Gasteiger partial charge in [-0.25, -0.2) is 4.99 Å². The van der Waals surface area contributed by atoms with Crippen molar-refractivity contribution < 1.29 is 24.0 Å². The Hall–Kier alpha value is -3.50. The zero-order valence-electron chi connectivity index (χ0n) is 15.8. The number of hydrogen-bond acceptors (Lipinski definition) is 8. The van der Waals surface area contributed by atoms with E-state index < -0.39 is 28.8 Å². The number of amides is 2. The number of esters is 1. The van der Waals surface area contributed by atoms with E-state index in [-0.39, 0.29) is 12.3 Å². The molecule has 2 atom stereocenters. The summed E-state index contributed by atoms with van der Waals surface area (Å²) in [6.07, 6.45) is 0.773. The van der Waals surface area contributed by atoms with Gasteiger partial charge in [-0.1, -0.05) is 12.1 Å². The van der Waals surface area contributed by atoms with E-state index in [9.17, 15) is 24.5 Å². The Kier molecular flexibility index (Phi) is 6.05. The van der Waals surface area contributed by atoms with Crippen molar-refractivity contribution in [1.82, 2.24) is 15.1 Å². The van der Waals surface area contributed by atoms with Crippen LogP contribution in [0.4, 0.5) is 5.69 Å². The highest BCUT2D eigenvalue weighted by molar-refractivity contribution is 6.08. The normalized spacial score (nSPS) is 21.8. The Bertz CT molecular complexity index is 832. The highest BCUT2D eigenvalue weighted by Crippen LogP contribution is 2.32. The molecule has 2 aliphatic rings. The summed E-state index contributed by atoms with van der Waals surface area (Å²) < 4.78 is 5.04. The minimum Gasteiger partial charge on any atom is -0.465 e. The van der Waals surface area contributed by atoms with Gasteiger partial charge in [0.15, 0.2) is 5.92 Å². The number of piperazine rings is 1. The van der Waals surface area contributed by atoms with Crippen molar-refractivity contribution in [2.24, 2.45) is 10.9 Å². The van der Waals surface area contributed by atoms with Crippen molar-refractivity contribution >= 4 is 29.9 Å². The van der Waals surface area contributed by atoms with Crippen LogP contribution in [0.25, 0.3) is 0 Å². The number of carbonyl (C=O) groups excluding carboxylic acids is 3. The van der Waals surface area contributed by atoms with Crippen LogP contribution in [0, 0.1) is 16.0 Å². The van der Waals surface area contributed by atoms with E-state index in [2.05, 4.69) is 10.3 Å². The molecule has 1 fully saturated rings. The second kappa shape index (κ2) is 8.67. The molecule has 29 heavy (non-hydrogen) atoms. The second-order valence-electron chi connectivity index (χ2n) is 6.59. The molecular formula is C18H21N5O6. The molecule has 1 aromatic rings. The standard InChI is InChI=1S/C18H21N5O6/c1-2-29-17(26)14-15(12-3-5-13(6-4-12)23(27)28)19-18(20-16(14)25)22-9-7-21(11-24)8-10-22/h3-6,11,14-15H,2,7-10H2,1H3,(H,19,20,25)/t14-,15+/m0/s1. The Labute approximate surface area is 166 Å². The number of nitrogens with zero attached hydrogens (tertiary/aromatic N) is 4. The lowest BCUT2D eigenvalue weighted by molar-refractivity contribution is -0.384. The summed E-state index contributed by atoms with van der Waals surface area (Å²) in [6.45, 7) is 3.69. The summed E-state index contributed by atoms with van der Waals surface area (Å²) in [5, 5.41) is 13.6. The highest BCUT2D eigenvalue weighted by Gasteiger charge is 2.42. The van der Waals surface area contributed by atoms with E-state index in [1.807, 2.05) is 4.90 Å². The van der Waals surface area contributed by atoms with Gasteiger partial charge in [-0.05, 0) is 12.5 Å². The topological polar surface area (TPSA) is 134 Å². The van der Waals surface area contributed by atoms with Gasteiger partial charge < -0.3 is 14.5 Å². The molecule has 11 heteroatoms. The van der Waals surface area contributed by atoms with Crippen LogP contribution in [0.2, 0.25) is 0 Å². The quantitative estimate of drug-likeness (QED) is 0.242. The highest BCUT2D eigenvalue weighted by atomic mass is 16.6. The third-order valence-electron chi connectivity index (χ3n) is 4.84. The molecule has 2 amide bonds. The average Bonchev–Trinajstić information content (AvgIpc) is 2.73. The predicted octanol–water partition coefficient (Wildman–Crippen LogP) is 0.0750. The number of aliphatic imine (C=N–C) groups is 1. The summed E-state index contributed by atoms with van der Waals surface area (Å²) in [5.41, 5.74) is 0.392. The molecule has 2 heterocycles. The number of ether oxygens (including phenoxy) is 1. The van der Waals surface area contributed by atoms with E-state index in [4.69, 9.17) is 4.74 Å². The first-order valence-corrected chi connectivity index (χ1v) is 9.18. The van der Waals surface area contributed by atoms with E-state index >= 15 is 0 Å². The molecule has 0 aliphatic carbocycles. The number of nitrogens with one attached hydrogen (secondary N) is 1. The summed E-state index contributed by atoms with van der Waals surface area (Å²) in [6, 6.07) is 4.71. The van der Waals surface area contributed by atoms with Crippen LogP contribution < -0.4 is 5.32 Å². The molecule has 0 aromatic heterocycles. The van der Waals surface area contributed by atoms with E-state index in [1.54, 1.807) is 11.8 Å². The number of nitro benzene ring substituents is 1. The second-order valence-corrected chi connectivity index (χ2v) is 6.59. The lowest BCUT2D eigenvalue weighted by Gasteiger charge is -2.37. The Morgan fingerprint density at radius 3 is 2.52 bits per heavy atom. The molecule has 3 rings (SSSR count). The van der Waals surface area contributed by atoms with Gasteiger partial charge in [0.05, 0.1) is 11.5 Å². The van der Waals surface area contributed by atoms with E-state index in [1.165, 1.54) is 24.3 Å². The lowest BCUT2D eigenvalue weighted by Crippen LogP contribution is -2.57. The number of benzene rings is 1. The van der Waals surface area contributed by atoms with E-state index in [0.29, 0.717) is 37.7 Å². The minimum absolute atomic E-state index is 0.101. The molecule has 0 unspecified atom stereocenters. The molecule has 2 aliphatic heterocycles. The molecule has 1 aromatic carbocycles. The SMILES string of the molecule is CCOC(=O)[C@@H]1C(=O)NC(N2CCN(C=O)CC2)=N[C@@H]1c1ccc([N+](=O)[O-])cc1. The molecule has 11 nitrogen and oxygen atoms in total. The van der Waals surface area contributed by atoms with Gasteiger partial charge in [0.1, 0.15) is 6.04 Å². The number of nitro groups is 1. The maximum Gasteiger partial charge on any atom is 0.321 e. The Balaban J connectivity index is 1.93. The van der Waals surface area contributed by atoms with Crippen LogP contribution in [0.3, 0.4) is 0 Å². The van der Waals surface area contributed by atoms with Gasteiger partial charge in [-0.3, -0.25) is 29.8 Å². The first-order chi connectivity index (χ1) is 13.9. The first kappa shape index (κ1) is 20.2. The third kappa shape index (κ3) is 4.33. The number of guanidine groups is 1. The van der Waals surface area contributed by atoms with Gasteiger partial charge in [0.2, 0.25) is 18.3 Å². The van der Waals surface area contributed by atoms with Crippen molar-refractivity contribution in [3.05, 3.63) is 39.9 Å². The molecule has 0 bridgehead atoms. The Morgan fingerprint density at radius 2 is 1.97 bits per heavy atom. The monoisotopic (exact) mass is 403 g/mol. The van der Waals surface area contributed by atoms with Crippen molar-refractivity contribution in [3.8, 4) is 0 Å². The molecule has 154 valence electrons. The third-order valence-corrected chi connectivity index (χ3v) is 4.84. The summed E-state index contributed by atoms with van der Waals surface area (Å²) in [5.74, 6) is -2.14. The summed E-state index contributed by atoms with van der Waals surface area (Å²) in [4.78, 5) is 54.5. The predicted molar refractivity (Wildman–Crippen MR) is 101 cm³/mol. The van der Waals surface area contributed by atoms with Crippen LogP contribution in [-0.2, 0) is 19.1 Å². The fourth-order valence-corrected chi connectivity index (χ4v) is 3.30. The maximum atomic E-state index is 12.7. The average molecular weight is 403 g/mol.